The van der Waals surface area contributed by atoms with Crippen molar-refractivity contribution in [3.63, 3.8) is 0 Å². The maximum atomic E-state index is 5.87. The average Bonchev–Trinajstić information content (AvgIpc) is 2.51. The van der Waals surface area contributed by atoms with Crippen molar-refractivity contribution in [3.05, 3.63) is 17.0 Å². The van der Waals surface area contributed by atoms with E-state index in [1.54, 1.807) is 0 Å². The first kappa shape index (κ1) is 8.93. The van der Waals surface area contributed by atoms with Crippen molar-refractivity contribution in [1.82, 2.24) is 19.0 Å². The third kappa shape index (κ3) is 1.82. The van der Waals surface area contributed by atoms with Crippen LogP contribution in [-0.2, 0) is 0 Å². The molecule has 0 saturated carbocycles. The SMILES string of the molecule is CN1CNC=C(c2nsnc2Cl)C1. The molecule has 1 aliphatic heterocycles. The quantitative estimate of drug-likeness (QED) is 0.761. The standard InChI is InChI=1S/C7H9ClN4S/c1-12-3-5(2-9-4-12)6-7(8)11-13-10-6/h2,9H,3-4H2,1H3. The molecular formula is C7H9ClN4S. The smallest absolute Gasteiger partial charge is 0.170 e. The molecule has 2 rings (SSSR count). The molecule has 13 heavy (non-hydrogen) atoms. The van der Waals surface area contributed by atoms with E-state index in [1.165, 1.54) is 0 Å². The van der Waals surface area contributed by atoms with Crippen LogP contribution in [0, 0.1) is 0 Å². The second kappa shape index (κ2) is 3.61. The normalized spacial score (nSPS) is 18.2. The number of halogens is 1. The third-order valence-corrected chi connectivity index (χ3v) is 2.72. The van der Waals surface area contributed by atoms with Crippen LogP contribution in [0.2, 0.25) is 5.15 Å². The van der Waals surface area contributed by atoms with Crippen molar-refractivity contribution in [2.24, 2.45) is 0 Å². The molecular weight excluding hydrogens is 208 g/mol. The molecule has 0 atom stereocenters. The molecule has 0 unspecified atom stereocenters. The highest BCUT2D eigenvalue weighted by Crippen LogP contribution is 2.22. The summed E-state index contributed by atoms with van der Waals surface area (Å²) < 4.78 is 8.06. The van der Waals surface area contributed by atoms with Gasteiger partial charge in [0, 0.05) is 18.3 Å². The summed E-state index contributed by atoms with van der Waals surface area (Å²) in [6.45, 7) is 1.72. The molecule has 0 spiro atoms. The lowest BCUT2D eigenvalue weighted by molar-refractivity contribution is 0.349. The first-order valence-corrected chi connectivity index (χ1v) is 4.97. The molecule has 0 aromatic carbocycles. The molecule has 4 nitrogen and oxygen atoms in total. The van der Waals surface area contributed by atoms with E-state index in [-0.39, 0.29) is 0 Å². The van der Waals surface area contributed by atoms with Crippen LogP contribution < -0.4 is 5.32 Å². The molecule has 1 aliphatic rings. The minimum Gasteiger partial charge on any atom is -0.378 e. The van der Waals surface area contributed by atoms with Gasteiger partial charge in [0.15, 0.2) is 5.15 Å². The molecule has 70 valence electrons. The lowest BCUT2D eigenvalue weighted by Gasteiger charge is -2.22. The number of likely N-dealkylation sites (N-methyl/N-ethyl adjacent to an activating group) is 1. The van der Waals surface area contributed by atoms with Gasteiger partial charge in [0.05, 0.1) is 18.4 Å². The first-order chi connectivity index (χ1) is 6.27. The van der Waals surface area contributed by atoms with E-state index in [9.17, 15) is 0 Å². The number of aromatic nitrogens is 2. The zero-order chi connectivity index (χ0) is 9.26. The third-order valence-electron chi connectivity index (χ3n) is 1.83. The Hall–Kier alpha value is -0.650. The lowest BCUT2D eigenvalue weighted by atomic mass is 10.2. The molecule has 1 aromatic rings. The van der Waals surface area contributed by atoms with Crippen molar-refractivity contribution in [2.45, 2.75) is 0 Å². The Kier molecular flexibility index (Phi) is 2.48. The zero-order valence-corrected chi connectivity index (χ0v) is 8.69. The highest BCUT2D eigenvalue weighted by Gasteiger charge is 2.15. The fourth-order valence-electron chi connectivity index (χ4n) is 1.23. The number of hydrogen-bond donors (Lipinski definition) is 1. The largest absolute Gasteiger partial charge is 0.378 e. The summed E-state index contributed by atoms with van der Waals surface area (Å²) in [6, 6.07) is 0. The van der Waals surface area contributed by atoms with Crippen molar-refractivity contribution in [1.29, 1.82) is 0 Å². The predicted molar refractivity (Wildman–Crippen MR) is 53.5 cm³/mol. The van der Waals surface area contributed by atoms with Crippen LogP contribution >= 0.6 is 23.3 Å². The molecule has 1 aromatic heterocycles. The summed E-state index contributed by atoms with van der Waals surface area (Å²) in [7, 11) is 2.04. The van der Waals surface area contributed by atoms with Gasteiger partial charge in [-0.3, -0.25) is 4.90 Å². The van der Waals surface area contributed by atoms with E-state index < -0.39 is 0 Å². The summed E-state index contributed by atoms with van der Waals surface area (Å²) in [6.07, 6.45) is 1.95. The molecule has 1 N–H and O–H groups in total. The molecule has 0 bridgehead atoms. The van der Waals surface area contributed by atoms with Gasteiger partial charge in [-0.2, -0.15) is 8.75 Å². The first-order valence-electron chi connectivity index (χ1n) is 3.87. The van der Waals surface area contributed by atoms with Gasteiger partial charge < -0.3 is 5.32 Å². The number of hydrogen-bond acceptors (Lipinski definition) is 5. The molecule has 2 heterocycles. The maximum Gasteiger partial charge on any atom is 0.170 e. The van der Waals surface area contributed by atoms with E-state index in [1.807, 2.05) is 13.2 Å². The fourth-order valence-corrected chi connectivity index (χ4v) is 2.02. The topological polar surface area (TPSA) is 41.0 Å². The van der Waals surface area contributed by atoms with E-state index in [0.717, 1.165) is 36.2 Å². The van der Waals surface area contributed by atoms with Gasteiger partial charge in [-0.05, 0) is 7.05 Å². The minimum atomic E-state index is 0.494. The molecule has 0 radical (unpaired) electrons. The van der Waals surface area contributed by atoms with E-state index in [2.05, 4.69) is 19.0 Å². The Morgan fingerprint density at radius 3 is 3.08 bits per heavy atom. The summed E-state index contributed by atoms with van der Waals surface area (Å²) in [5, 5.41) is 3.64. The molecule has 0 saturated heterocycles. The average molecular weight is 217 g/mol. The van der Waals surface area contributed by atoms with Crippen LogP contribution in [0.3, 0.4) is 0 Å². The van der Waals surface area contributed by atoms with Crippen molar-refractivity contribution in [3.8, 4) is 0 Å². The second-order valence-corrected chi connectivity index (χ2v) is 3.84. The molecule has 0 aliphatic carbocycles. The highest BCUT2D eigenvalue weighted by molar-refractivity contribution is 6.99. The lowest BCUT2D eigenvalue weighted by Crippen LogP contribution is -2.34. The number of nitrogens with one attached hydrogen (secondary N) is 1. The summed E-state index contributed by atoms with van der Waals surface area (Å²) in [5.74, 6) is 0. The van der Waals surface area contributed by atoms with Crippen molar-refractivity contribution in [2.75, 3.05) is 20.3 Å². The Bertz CT molecular complexity index is 335. The zero-order valence-electron chi connectivity index (χ0n) is 7.12. The highest BCUT2D eigenvalue weighted by atomic mass is 35.5. The van der Waals surface area contributed by atoms with Crippen LogP contribution in [0.25, 0.3) is 5.57 Å². The maximum absolute atomic E-state index is 5.87. The Morgan fingerprint density at radius 1 is 1.62 bits per heavy atom. The minimum absolute atomic E-state index is 0.494. The van der Waals surface area contributed by atoms with Gasteiger partial charge in [0.2, 0.25) is 0 Å². The van der Waals surface area contributed by atoms with Crippen LogP contribution in [0.1, 0.15) is 5.69 Å². The van der Waals surface area contributed by atoms with Crippen LogP contribution in [0.15, 0.2) is 6.20 Å². The predicted octanol–water partition coefficient (Wildman–Crippen LogP) is 1.02. The Labute approximate surface area is 85.5 Å². The molecule has 0 fully saturated rings. The summed E-state index contributed by atoms with van der Waals surface area (Å²) in [5.41, 5.74) is 1.89. The van der Waals surface area contributed by atoms with E-state index in [4.69, 9.17) is 11.6 Å². The second-order valence-electron chi connectivity index (χ2n) is 2.95. The van der Waals surface area contributed by atoms with E-state index in [0.29, 0.717) is 5.15 Å². The molecule has 0 amide bonds. The molecule has 6 heteroatoms. The van der Waals surface area contributed by atoms with Gasteiger partial charge in [-0.1, -0.05) is 11.6 Å². The number of rotatable bonds is 1. The van der Waals surface area contributed by atoms with Gasteiger partial charge in [-0.25, -0.2) is 0 Å². The van der Waals surface area contributed by atoms with Crippen molar-refractivity contribution < 1.29 is 0 Å². The van der Waals surface area contributed by atoms with Crippen LogP contribution in [0.5, 0.6) is 0 Å². The summed E-state index contributed by atoms with van der Waals surface area (Å²) in [4.78, 5) is 2.14. The monoisotopic (exact) mass is 216 g/mol. The summed E-state index contributed by atoms with van der Waals surface area (Å²) >= 11 is 7.01. The van der Waals surface area contributed by atoms with Gasteiger partial charge in [-0.15, -0.1) is 0 Å². The van der Waals surface area contributed by atoms with Crippen LogP contribution in [-0.4, -0.2) is 33.9 Å². The van der Waals surface area contributed by atoms with Gasteiger partial charge >= 0.3 is 0 Å². The van der Waals surface area contributed by atoms with Gasteiger partial charge in [0.25, 0.3) is 0 Å². The van der Waals surface area contributed by atoms with Gasteiger partial charge in [0.1, 0.15) is 5.69 Å². The van der Waals surface area contributed by atoms with Crippen LogP contribution in [0.4, 0.5) is 0 Å². The Balaban J connectivity index is 2.26. The van der Waals surface area contributed by atoms with Crippen molar-refractivity contribution >= 4 is 28.9 Å². The Morgan fingerprint density at radius 2 is 2.46 bits per heavy atom. The van der Waals surface area contributed by atoms with E-state index >= 15 is 0 Å². The number of nitrogens with zero attached hydrogens (tertiary/aromatic N) is 3. The fraction of sp³-hybridized carbons (Fsp3) is 0.429.